The van der Waals surface area contributed by atoms with E-state index in [0.717, 1.165) is 25.7 Å². The van der Waals surface area contributed by atoms with Gasteiger partial charge in [-0.25, -0.2) is 0 Å². The van der Waals surface area contributed by atoms with Crippen LogP contribution < -0.4 is 0 Å². The Bertz CT molecular complexity index is 641. The van der Waals surface area contributed by atoms with Crippen molar-refractivity contribution in [3.8, 4) is 0 Å². The maximum Gasteiger partial charge on any atom is 0.229 e. The summed E-state index contributed by atoms with van der Waals surface area (Å²) in [6.45, 7) is 13.3. The molecule has 0 bridgehead atoms. The summed E-state index contributed by atoms with van der Waals surface area (Å²) >= 11 is 0. The van der Waals surface area contributed by atoms with Crippen molar-refractivity contribution >= 4 is 5.91 Å². The van der Waals surface area contributed by atoms with Crippen molar-refractivity contribution in [2.45, 2.75) is 91.1 Å². The summed E-state index contributed by atoms with van der Waals surface area (Å²) < 4.78 is 0. The van der Waals surface area contributed by atoms with E-state index < -0.39 is 0 Å². The van der Waals surface area contributed by atoms with Gasteiger partial charge in [0.1, 0.15) is 0 Å². The Kier molecular flexibility index (Phi) is 4.77. The number of fused-ring (bicyclic) bond motifs is 3. The topological polar surface area (TPSA) is 20.3 Å². The molecule has 0 aliphatic heterocycles. The van der Waals surface area contributed by atoms with Crippen molar-refractivity contribution in [1.29, 1.82) is 0 Å². The van der Waals surface area contributed by atoms with Crippen LogP contribution in [0.3, 0.4) is 0 Å². The highest BCUT2D eigenvalue weighted by Crippen LogP contribution is 2.57. The van der Waals surface area contributed by atoms with Crippen molar-refractivity contribution in [1.82, 2.24) is 4.90 Å². The second-order valence-electron chi connectivity index (χ2n) is 9.34. The van der Waals surface area contributed by atoms with Gasteiger partial charge in [0.15, 0.2) is 0 Å². The van der Waals surface area contributed by atoms with Crippen LogP contribution in [0.1, 0.15) is 78.4 Å². The lowest BCUT2D eigenvalue weighted by molar-refractivity contribution is -0.154. The molecule has 0 unspecified atom stereocenters. The van der Waals surface area contributed by atoms with Crippen molar-refractivity contribution in [2.75, 3.05) is 0 Å². The first kappa shape index (κ1) is 18.5. The van der Waals surface area contributed by atoms with Crippen molar-refractivity contribution < 1.29 is 4.79 Å². The van der Waals surface area contributed by atoms with Gasteiger partial charge in [-0.1, -0.05) is 44.5 Å². The van der Waals surface area contributed by atoms with E-state index in [1.807, 2.05) is 0 Å². The molecule has 0 saturated heterocycles. The van der Waals surface area contributed by atoms with E-state index in [0.29, 0.717) is 11.8 Å². The number of carbonyl (C=O) groups is 1. The molecule has 3 atom stereocenters. The Balaban J connectivity index is 2.03. The first-order valence-electron chi connectivity index (χ1n) is 10.1. The van der Waals surface area contributed by atoms with Crippen LogP contribution in [0, 0.1) is 11.3 Å². The van der Waals surface area contributed by atoms with Gasteiger partial charge in [0.2, 0.25) is 5.91 Å². The molecule has 138 valence electrons. The minimum Gasteiger partial charge on any atom is -0.337 e. The number of benzene rings is 1. The molecule has 2 aliphatic rings. The molecule has 0 N–H and O–H groups in total. The summed E-state index contributed by atoms with van der Waals surface area (Å²) in [5.74, 6) is 0.823. The molecule has 1 aromatic rings. The van der Waals surface area contributed by atoms with Crippen molar-refractivity contribution in [3.63, 3.8) is 0 Å². The van der Waals surface area contributed by atoms with Gasteiger partial charge < -0.3 is 4.90 Å². The lowest BCUT2D eigenvalue weighted by atomic mass is 9.49. The molecule has 0 spiro atoms. The number of amides is 1. The van der Waals surface area contributed by atoms with Crippen LogP contribution >= 0.6 is 0 Å². The van der Waals surface area contributed by atoms with E-state index >= 15 is 0 Å². The molecule has 0 radical (unpaired) electrons. The number of hydrogen-bond donors (Lipinski definition) is 0. The summed E-state index contributed by atoms with van der Waals surface area (Å²) in [5, 5.41) is 0. The number of carbonyl (C=O) groups excluding carboxylic acids is 1. The van der Waals surface area contributed by atoms with Gasteiger partial charge in [-0.3, -0.25) is 4.79 Å². The number of aryl methyl sites for hydroxylation is 1. The molecule has 0 heterocycles. The average Bonchev–Trinajstić information content (AvgIpc) is 2.54. The summed E-state index contributed by atoms with van der Waals surface area (Å²) in [4.78, 5) is 15.9. The summed E-state index contributed by atoms with van der Waals surface area (Å²) in [7, 11) is 0. The van der Waals surface area contributed by atoms with Crippen LogP contribution in [0.15, 0.2) is 24.3 Å². The van der Waals surface area contributed by atoms with E-state index in [2.05, 4.69) is 70.7 Å². The Morgan fingerprint density at radius 3 is 2.36 bits per heavy atom. The predicted octanol–water partition coefficient (Wildman–Crippen LogP) is 5.34. The van der Waals surface area contributed by atoms with Crippen molar-refractivity contribution in [3.05, 3.63) is 35.4 Å². The first-order valence-corrected chi connectivity index (χ1v) is 10.1. The monoisotopic (exact) mass is 341 g/mol. The number of nitrogens with zero attached hydrogens (tertiary/aromatic N) is 1. The fraction of sp³-hybridized carbons (Fsp3) is 0.696. The number of hydrogen-bond acceptors (Lipinski definition) is 1. The molecular formula is C23H35NO. The SMILES string of the molecule is CC(C)N(C(=O)[C@@]1(C)CCC[C@]2(C)c3ccccc3CC[C@@H]12)C(C)C. The first-order chi connectivity index (χ1) is 11.7. The van der Waals surface area contributed by atoms with Gasteiger partial charge >= 0.3 is 0 Å². The van der Waals surface area contributed by atoms with Gasteiger partial charge in [0.25, 0.3) is 0 Å². The summed E-state index contributed by atoms with van der Waals surface area (Å²) in [6, 6.07) is 9.46. The molecule has 25 heavy (non-hydrogen) atoms. The van der Waals surface area contributed by atoms with Gasteiger partial charge in [-0.15, -0.1) is 0 Å². The minimum atomic E-state index is -0.241. The standard InChI is InChI=1S/C23H35NO/c1-16(2)24(17(3)4)21(25)23(6)15-9-14-22(5)19-11-8-7-10-18(19)12-13-20(22)23/h7-8,10-11,16-17,20H,9,12-15H2,1-6H3/t20-,22-,23+/m1/s1. The highest BCUT2D eigenvalue weighted by molar-refractivity contribution is 5.84. The normalized spacial score (nSPS) is 31.6. The Morgan fingerprint density at radius 2 is 1.72 bits per heavy atom. The highest BCUT2D eigenvalue weighted by atomic mass is 16.2. The molecule has 1 aromatic carbocycles. The third-order valence-corrected chi connectivity index (χ3v) is 7.10. The molecule has 0 aromatic heterocycles. The quantitative estimate of drug-likeness (QED) is 0.726. The fourth-order valence-electron chi connectivity index (χ4n) is 6.05. The van der Waals surface area contributed by atoms with Crippen LogP contribution in [0.25, 0.3) is 0 Å². The van der Waals surface area contributed by atoms with Crippen LogP contribution in [-0.2, 0) is 16.6 Å². The zero-order valence-electron chi connectivity index (χ0n) is 16.9. The molecule has 1 saturated carbocycles. The van der Waals surface area contributed by atoms with Crippen LogP contribution in [-0.4, -0.2) is 22.9 Å². The molecule has 1 fully saturated rings. The maximum absolute atomic E-state index is 13.7. The molecule has 2 nitrogen and oxygen atoms in total. The molecule has 2 aliphatic carbocycles. The summed E-state index contributed by atoms with van der Waals surface area (Å²) in [6.07, 6.45) is 5.64. The Labute approximate surface area is 154 Å². The molecular weight excluding hydrogens is 306 g/mol. The zero-order chi connectivity index (χ0) is 18.4. The van der Waals surface area contributed by atoms with Crippen LogP contribution in [0.2, 0.25) is 0 Å². The lowest BCUT2D eigenvalue weighted by Gasteiger charge is -2.56. The van der Waals surface area contributed by atoms with Crippen LogP contribution in [0.5, 0.6) is 0 Å². The van der Waals surface area contributed by atoms with Gasteiger partial charge in [0.05, 0.1) is 5.41 Å². The fourth-order valence-corrected chi connectivity index (χ4v) is 6.05. The van der Waals surface area contributed by atoms with E-state index in [9.17, 15) is 4.79 Å². The van der Waals surface area contributed by atoms with Gasteiger partial charge in [-0.2, -0.15) is 0 Å². The van der Waals surface area contributed by atoms with Crippen molar-refractivity contribution in [2.24, 2.45) is 11.3 Å². The van der Waals surface area contributed by atoms with Crippen LogP contribution in [0.4, 0.5) is 0 Å². The number of rotatable bonds is 3. The van der Waals surface area contributed by atoms with E-state index in [-0.39, 0.29) is 22.9 Å². The largest absolute Gasteiger partial charge is 0.337 e. The van der Waals surface area contributed by atoms with E-state index in [1.165, 1.54) is 17.5 Å². The van der Waals surface area contributed by atoms with E-state index in [1.54, 1.807) is 0 Å². The highest BCUT2D eigenvalue weighted by Gasteiger charge is 2.56. The molecule has 3 rings (SSSR count). The molecule has 2 heteroatoms. The second kappa shape index (κ2) is 6.45. The second-order valence-corrected chi connectivity index (χ2v) is 9.34. The smallest absolute Gasteiger partial charge is 0.229 e. The lowest BCUT2D eigenvalue weighted by Crippen LogP contribution is -2.58. The third kappa shape index (κ3) is 2.82. The zero-order valence-corrected chi connectivity index (χ0v) is 16.9. The van der Waals surface area contributed by atoms with Gasteiger partial charge in [-0.05, 0) is 75.8 Å². The summed E-state index contributed by atoms with van der Waals surface area (Å²) in [5.41, 5.74) is 2.90. The van der Waals surface area contributed by atoms with E-state index in [4.69, 9.17) is 0 Å². The Morgan fingerprint density at radius 1 is 1.08 bits per heavy atom. The van der Waals surface area contributed by atoms with Gasteiger partial charge in [0, 0.05) is 12.1 Å². The third-order valence-electron chi connectivity index (χ3n) is 7.10. The average molecular weight is 342 g/mol. The Hall–Kier alpha value is -1.31. The molecule has 1 amide bonds. The maximum atomic E-state index is 13.7. The predicted molar refractivity (Wildman–Crippen MR) is 105 cm³/mol. The minimum absolute atomic E-state index is 0.136.